The highest BCUT2D eigenvalue weighted by atomic mass is 35.5. The number of aromatic nitrogens is 2. The fourth-order valence-electron chi connectivity index (χ4n) is 1.62. The van der Waals surface area contributed by atoms with E-state index in [9.17, 15) is 4.79 Å². The molecular weight excluding hydrogens is 306 g/mol. The number of amides is 1. The standard InChI is InChI=1S/C14H12ClN5O2/c1-8(16)22-14(17)20-13(21)12-6-11(18-7-19-12)9-3-2-4-10(15)5-9/h2-7,16H,1H3,(H2,17,20,21). The predicted molar refractivity (Wildman–Crippen MR) is 82.9 cm³/mol. The number of nitrogens with zero attached hydrogens (tertiary/aromatic N) is 3. The van der Waals surface area contributed by atoms with Gasteiger partial charge in [-0.1, -0.05) is 23.7 Å². The number of nitrogens with two attached hydrogens (primary N) is 1. The van der Waals surface area contributed by atoms with Crippen molar-refractivity contribution in [1.82, 2.24) is 9.97 Å². The minimum atomic E-state index is -0.690. The first-order chi connectivity index (χ1) is 10.5. The molecule has 1 aromatic heterocycles. The number of carbonyl (C=O) groups is 1. The Bertz CT molecular complexity index is 760. The van der Waals surface area contributed by atoms with Gasteiger partial charge >= 0.3 is 0 Å². The van der Waals surface area contributed by atoms with Gasteiger partial charge in [0.05, 0.1) is 5.69 Å². The highest BCUT2D eigenvalue weighted by Gasteiger charge is 2.11. The number of rotatable bonds is 2. The Morgan fingerprint density at radius 2 is 2.14 bits per heavy atom. The van der Waals surface area contributed by atoms with Crippen LogP contribution in [0.4, 0.5) is 0 Å². The molecule has 8 heteroatoms. The number of nitrogens with one attached hydrogen (secondary N) is 1. The first-order valence-corrected chi connectivity index (χ1v) is 6.53. The highest BCUT2D eigenvalue weighted by molar-refractivity contribution is 6.30. The predicted octanol–water partition coefficient (Wildman–Crippen LogP) is 2.27. The van der Waals surface area contributed by atoms with Gasteiger partial charge in [-0.15, -0.1) is 0 Å². The molecule has 0 fully saturated rings. The number of carbonyl (C=O) groups excluding carboxylic acids is 1. The Morgan fingerprint density at radius 1 is 1.36 bits per heavy atom. The lowest BCUT2D eigenvalue weighted by Gasteiger charge is -2.03. The monoisotopic (exact) mass is 317 g/mol. The average Bonchev–Trinajstić information content (AvgIpc) is 2.46. The number of ether oxygens (including phenoxy) is 1. The van der Waals surface area contributed by atoms with Gasteiger partial charge in [0.15, 0.2) is 5.90 Å². The van der Waals surface area contributed by atoms with Gasteiger partial charge in [-0.3, -0.25) is 10.2 Å². The van der Waals surface area contributed by atoms with E-state index in [1.807, 2.05) is 6.07 Å². The van der Waals surface area contributed by atoms with Gasteiger partial charge in [0.1, 0.15) is 12.0 Å². The molecule has 7 nitrogen and oxygen atoms in total. The van der Waals surface area contributed by atoms with Crippen molar-refractivity contribution >= 4 is 29.4 Å². The Morgan fingerprint density at radius 3 is 2.82 bits per heavy atom. The van der Waals surface area contributed by atoms with E-state index in [0.717, 1.165) is 5.56 Å². The number of hydrogen-bond donors (Lipinski definition) is 2. The second-order valence-electron chi connectivity index (χ2n) is 4.21. The van der Waals surface area contributed by atoms with Crippen LogP contribution in [0.15, 0.2) is 41.7 Å². The van der Waals surface area contributed by atoms with Crippen LogP contribution < -0.4 is 5.73 Å². The average molecular weight is 318 g/mol. The van der Waals surface area contributed by atoms with Crippen molar-refractivity contribution in [1.29, 1.82) is 5.41 Å². The summed E-state index contributed by atoms with van der Waals surface area (Å²) in [4.78, 5) is 23.4. The smallest absolute Gasteiger partial charge is 0.300 e. The van der Waals surface area contributed by atoms with Crippen LogP contribution in [-0.4, -0.2) is 27.8 Å². The van der Waals surface area contributed by atoms with Crippen molar-refractivity contribution in [3.63, 3.8) is 0 Å². The first kappa shape index (κ1) is 15.6. The van der Waals surface area contributed by atoms with Gasteiger partial charge in [-0.25, -0.2) is 9.97 Å². The van der Waals surface area contributed by atoms with E-state index in [-0.39, 0.29) is 11.6 Å². The van der Waals surface area contributed by atoms with Gasteiger partial charge in [0.25, 0.3) is 11.9 Å². The largest absolute Gasteiger partial charge is 0.412 e. The Kier molecular flexibility index (Phi) is 4.80. The van der Waals surface area contributed by atoms with Crippen molar-refractivity contribution < 1.29 is 9.53 Å². The van der Waals surface area contributed by atoms with Crippen LogP contribution in [0.25, 0.3) is 11.3 Å². The van der Waals surface area contributed by atoms with Crippen LogP contribution in [0.1, 0.15) is 17.4 Å². The molecule has 22 heavy (non-hydrogen) atoms. The Labute approximate surface area is 131 Å². The molecule has 0 aliphatic rings. The molecule has 0 saturated carbocycles. The summed E-state index contributed by atoms with van der Waals surface area (Å²) in [5.74, 6) is -0.860. The maximum absolute atomic E-state index is 12.0. The van der Waals surface area contributed by atoms with E-state index < -0.39 is 11.9 Å². The van der Waals surface area contributed by atoms with Gasteiger partial charge in [-0.05, 0) is 18.2 Å². The molecule has 2 aromatic rings. The van der Waals surface area contributed by atoms with Gasteiger partial charge in [0, 0.05) is 17.5 Å². The molecule has 1 heterocycles. The number of halogens is 1. The lowest BCUT2D eigenvalue weighted by molar-refractivity contribution is 0.0996. The van der Waals surface area contributed by atoms with Crippen molar-refractivity contribution in [3.8, 4) is 11.3 Å². The summed E-state index contributed by atoms with van der Waals surface area (Å²) in [5.41, 5.74) is 6.71. The number of benzene rings is 1. The van der Waals surface area contributed by atoms with E-state index in [1.54, 1.807) is 18.2 Å². The second kappa shape index (κ2) is 6.77. The zero-order valence-corrected chi connectivity index (χ0v) is 12.3. The molecule has 2 rings (SSSR count). The summed E-state index contributed by atoms with van der Waals surface area (Å²) in [6.45, 7) is 1.37. The molecule has 1 amide bonds. The van der Waals surface area contributed by atoms with Gasteiger partial charge in [-0.2, -0.15) is 4.99 Å². The maximum atomic E-state index is 12.0. The number of aliphatic imine (C=N–C) groups is 1. The molecule has 3 N–H and O–H groups in total. The molecule has 112 valence electrons. The van der Waals surface area contributed by atoms with E-state index in [1.165, 1.54) is 19.3 Å². The van der Waals surface area contributed by atoms with E-state index in [0.29, 0.717) is 10.7 Å². The normalized spacial score (nSPS) is 11.1. The zero-order chi connectivity index (χ0) is 16.1. The molecule has 0 aliphatic heterocycles. The van der Waals surface area contributed by atoms with Crippen LogP contribution >= 0.6 is 11.6 Å². The molecule has 0 bridgehead atoms. The van der Waals surface area contributed by atoms with Gasteiger partial charge in [0.2, 0.25) is 0 Å². The first-order valence-electron chi connectivity index (χ1n) is 6.15. The summed E-state index contributed by atoms with van der Waals surface area (Å²) >= 11 is 5.93. The summed E-state index contributed by atoms with van der Waals surface area (Å²) < 4.78 is 4.70. The lowest BCUT2D eigenvalue weighted by Crippen LogP contribution is -2.20. The second-order valence-corrected chi connectivity index (χ2v) is 4.65. The third-order valence-corrected chi connectivity index (χ3v) is 2.71. The van der Waals surface area contributed by atoms with Crippen LogP contribution in [-0.2, 0) is 4.74 Å². The lowest BCUT2D eigenvalue weighted by atomic mass is 10.1. The molecule has 0 spiro atoms. The fourth-order valence-corrected chi connectivity index (χ4v) is 1.81. The Hall–Kier alpha value is -2.80. The third kappa shape index (κ3) is 4.10. The summed E-state index contributed by atoms with van der Waals surface area (Å²) in [5, 5.41) is 7.66. The van der Waals surface area contributed by atoms with E-state index >= 15 is 0 Å². The highest BCUT2D eigenvalue weighted by Crippen LogP contribution is 2.21. The molecular formula is C14H12ClN5O2. The fraction of sp³-hybridized carbons (Fsp3) is 0.0714. The van der Waals surface area contributed by atoms with Crippen molar-refractivity contribution in [2.24, 2.45) is 10.7 Å². The minimum absolute atomic E-state index is 0.0548. The van der Waals surface area contributed by atoms with Crippen LogP contribution in [0.3, 0.4) is 0 Å². The van der Waals surface area contributed by atoms with Crippen LogP contribution in [0.5, 0.6) is 0 Å². The van der Waals surface area contributed by atoms with Crippen LogP contribution in [0.2, 0.25) is 5.02 Å². The molecule has 0 unspecified atom stereocenters. The maximum Gasteiger partial charge on any atom is 0.300 e. The van der Waals surface area contributed by atoms with Crippen molar-refractivity contribution in [2.75, 3.05) is 0 Å². The van der Waals surface area contributed by atoms with Crippen molar-refractivity contribution in [2.45, 2.75) is 6.92 Å². The third-order valence-electron chi connectivity index (χ3n) is 2.48. The molecule has 0 radical (unpaired) electrons. The SMILES string of the molecule is CC(=N)OC(N)=NC(=O)c1cc(-c2cccc(Cl)c2)ncn1. The number of hydrogen-bond acceptors (Lipinski definition) is 5. The molecule has 1 aromatic carbocycles. The summed E-state index contributed by atoms with van der Waals surface area (Å²) in [6.07, 6.45) is 1.25. The van der Waals surface area contributed by atoms with E-state index in [2.05, 4.69) is 15.0 Å². The topological polar surface area (TPSA) is 114 Å². The van der Waals surface area contributed by atoms with Gasteiger partial charge < -0.3 is 10.5 Å². The molecule has 0 saturated heterocycles. The molecule has 0 aliphatic carbocycles. The molecule has 0 atom stereocenters. The Balaban J connectivity index is 2.28. The van der Waals surface area contributed by atoms with Crippen molar-refractivity contribution in [3.05, 3.63) is 47.4 Å². The zero-order valence-electron chi connectivity index (χ0n) is 11.6. The van der Waals surface area contributed by atoms with E-state index in [4.69, 9.17) is 27.5 Å². The number of amidine groups is 1. The van der Waals surface area contributed by atoms with Crippen LogP contribution in [0, 0.1) is 5.41 Å². The summed E-state index contributed by atoms with van der Waals surface area (Å²) in [7, 11) is 0. The quantitative estimate of drug-likeness (QED) is 0.651. The minimum Gasteiger partial charge on any atom is -0.412 e. The summed E-state index contributed by atoms with van der Waals surface area (Å²) in [6, 6.07) is 8.10.